The number of anilines is 1. The third-order valence-electron chi connectivity index (χ3n) is 3.52. The maximum absolute atomic E-state index is 5.87. The molecule has 6 nitrogen and oxygen atoms in total. The summed E-state index contributed by atoms with van der Waals surface area (Å²) in [5.74, 6) is 0.757. The predicted octanol–water partition coefficient (Wildman–Crippen LogP) is 1.89. The highest BCUT2D eigenvalue weighted by Gasteiger charge is 2.13. The standard InChI is InChI=1S/C13H19N5O/c1-2-4-11(5-3-1)19-9-7-15-12-13-17-16-10-18(13)8-6-14-12/h6,8,10-11H,1-5,7,9H2,(H,14,15). The molecule has 0 saturated heterocycles. The van der Waals surface area contributed by atoms with Crippen molar-refractivity contribution in [2.24, 2.45) is 0 Å². The average molecular weight is 261 g/mol. The molecule has 0 spiro atoms. The van der Waals surface area contributed by atoms with Gasteiger partial charge in [0.25, 0.3) is 0 Å². The smallest absolute Gasteiger partial charge is 0.203 e. The average Bonchev–Trinajstić information content (AvgIpc) is 2.94. The van der Waals surface area contributed by atoms with E-state index in [1.165, 1.54) is 32.1 Å². The van der Waals surface area contributed by atoms with Gasteiger partial charge in [0.05, 0.1) is 12.7 Å². The van der Waals surface area contributed by atoms with Crippen LogP contribution in [0.3, 0.4) is 0 Å². The Labute approximate surface area is 112 Å². The van der Waals surface area contributed by atoms with E-state index in [0.717, 1.165) is 18.0 Å². The Hall–Kier alpha value is -1.69. The third-order valence-corrected chi connectivity index (χ3v) is 3.52. The molecule has 1 fully saturated rings. The van der Waals surface area contributed by atoms with Crippen molar-refractivity contribution in [2.45, 2.75) is 38.2 Å². The highest BCUT2D eigenvalue weighted by Crippen LogP contribution is 2.20. The van der Waals surface area contributed by atoms with Crippen molar-refractivity contribution in [1.82, 2.24) is 19.6 Å². The van der Waals surface area contributed by atoms with E-state index in [2.05, 4.69) is 20.5 Å². The van der Waals surface area contributed by atoms with Gasteiger partial charge >= 0.3 is 0 Å². The van der Waals surface area contributed by atoms with Gasteiger partial charge in [0.2, 0.25) is 5.65 Å². The van der Waals surface area contributed by atoms with Crippen LogP contribution in [-0.4, -0.2) is 38.8 Å². The first-order valence-corrected chi connectivity index (χ1v) is 6.93. The van der Waals surface area contributed by atoms with E-state index in [9.17, 15) is 0 Å². The van der Waals surface area contributed by atoms with E-state index in [1.807, 2.05) is 10.6 Å². The van der Waals surface area contributed by atoms with Gasteiger partial charge in [-0.25, -0.2) is 4.98 Å². The Morgan fingerprint density at radius 3 is 3.11 bits per heavy atom. The second-order valence-electron chi connectivity index (χ2n) is 4.90. The summed E-state index contributed by atoms with van der Waals surface area (Å²) in [6.45, 7) is 1.46. The van der Waals surface area contributed by atoms with E-state index >= 15 is 0 Å². The summed E-state index contributed by atoms with van der Waals surface area (Å²) in [6.07, 6.45) is 12.1. The second-order valence-corrected chi connectivity index (χ2v) is 4.90. The normalized spacial score (nSPS) is 16.8. The maximum atomic E-state index is 5.87. The molecule has 1 aliphatic carbocycles. The maximum Gasteiger partial charge on any atom is 0.203 e. The van der Waals surface area contributed by atoms with Crippen LogP contribution in [0.1, 0.15) is 32.1 Å². The molecule has 0 unspecified atom stereocenters. The molecule has 0 bridgehead atoms. The molecule has 102 valence electrons. The fraction of sp³-hybridized carbons (Fsp3) is 0.615. The number of nitrogens with one attached hydrogen (secondary N) is 1. The molecule has 1 saturated carbocycles. The molecule has 6 heteroatoms. The third kappa shape index (κ3) is 3.01. The fourth-order valence-corrected chi connectivity index (χ4v) is 2.51. The van der Waals surface area contributed by atoms with Crippen molar-refractivity contribution in [3.63, 3.8) is 0 Å². The molecule has 0 amide bonds. The summed E-state index contributed by atoms with van der Waals surface area (Å²) >= 11 is 0. The van der Waals surface area contributed by atoms with Crippen molar-refractivity contribution >= 4 is 11.5 Å². The van der Waals surface area contributed by atoms with E-state index < -0.39 is 0 Å². The van der Waals surface area contributed by atoms with Crippen LogP contribution in [0, 0.1) is 0 Å². The zero-order valence-electron chi connectivity index (χ0n) is 11.0. The van der Waals surface area contributed by atoms with Gasteiger partial charge in [0, 0.05) is 18.9 Å². The van der Waals surface area contributed by atoms with Crippen LogP contribution in [0.4, 0.5) is 5.82 Å². The lowest BCUT2D eigenvalue weighted by Crippen LogP contribution is -2.20. The van der Waals surface area contributed by atoms with Gasteiger partial charge < -0.3 is 10.1 Å². The van der Waals surface area contributed by atoms with Crippen LogP contribution in [-0.2, 0) is 4.74 Å². The molecular formula is C13H19N5O. The molecular weight excluding hydrogens is 242 g/mol. The summed E-state index contributed by atoms with van der Waals surface area (Å²) in [4.78, 5) is 4.27. The van der Waals surface area contributed by atoms with Crippen LogP contribution >= 0.6 is 0 Å². The Morgan fingerprint density at radius 1 is 1.32 bits per heavy atom. The molecule has 0 radical (unpaired) electrons. The van der Waals surface area contributed by atoms with Crippen LogP contribution in [0.2, 0.25) is 0 Å². The molecule has 0 aliphatic heterocycles. The zero-order chi connectivity index (χ0) is 12.9. The number of rotatable bonds is 5. The van der Waals surface area contributed by atoms with Crippen molar-refractivity contribution in [3.8, 4) is 0 Å². The van der Waals surface area contributed by atoms with Crippen LogP contribution in [0.25, 0.3) is 5.65 Å². The van der Waals surface area contributed by atoms with Crippen molar-refractivity contribution in [3.05, 3.63) is 18.7 Å². The summed E-state index contributed by atoms with van der Waals surface area (Å²) < 4.78 is 7.71. The Kier molecular flexibility index (Phi) is 3.88. The predicted molar refractivity (Wildman–Crippen MR) is 72.1 cm³/mol. The Balaban J connectivity index is 1.48. The Morgan fingerprint density at radius 2 is 2.21 bits per heavy atom. The molecule has 1 N–H and O–H groups in total. The van der Waals surface area contributed by atoms with Crippen LogP contribution < -0.4 is 5.32 Å². The highest BCUT2D eigenvalue weighted by atomic mass is 16.5. The molecule has 1 aliphatic rings. The molecule has 2 heterocycles. The minimum absolute atomic E-state index is 0.451. The molecule has 3 rings (SSSR count). The van der Waals surface area contributed by atoms with E-state index in [0.29, 0.717) is 12.7 Å². The van der Waals surface area contributed by atoms with E-state index in [4.69, 9.17) is 4.74 Å². The lowest BCUT2D eigenvalue weighted by Gasteiger charge is -2.22. The quantitative estimate of drug-likeness (QED) is 0.833. The van der Waals surface area contributed by atoms with Gasteiger partial charge in [-0.3, -0.25) is 4.40 Å². The van der Waals surface area contributed by atoms with Crippen molar-refractivity contribution in [1.29, 1.82) is 0 Å². The number of aromatic nitrogens is 4. The van der Waals surface area contributed by atoms with Crippen LogP contribution in [0.15, 0.2) is 18.7 Å². The van der Waals surface area contributed by atoms with Gasteiger partial charge in [-0.15, -0.1) is 10.2 Å². The lowest BCUT2D eigenvalue weighted by molar-refractivity contribution is 0.0347. The van der Waals surface area contributed by atoms with Gasteiger partial charge in [0.1, 0.15) is 6.33 Å². The molecule has 2 aromatic heterocycles. The largest absolute Gasteiger partial charge is 0.376 e. The molecule has 19 heavy (non-hydrogen) atoms. The zero-order valence-corrected chi connectivity index (χ0v) is 11.0. The number of hydrogen-bond donors (Lipinski definition) is 1. The minimum atomic E-state index is 0.451. The second kappa shape index (κ2) is 5.97. The van der Waals surface area contributed by atoms with Crippen molar-refractivity contribution < 1.29 is 4.74 Å². The molecule has 2 aromatic rings. The number of nitrogens with zero attached hydrogens (tertiary/aromatic N) is 4. The number of ether oxygens (including phenoxy) is 1. The van der Waals surface area contributed by atoms with E-state index in [-0.39, 0.29) is 0 Å². The summed E-state index contributed by atoms with van der Waals surface area (Å²) in [5, 5.41) is 11.2. The number of fused-ring (bicyclic) bond motifs is 1. The fourth-order valence-electron chi connectivity index (χ4n) is 2.51. The van der Waals surface area contributed by atoms with Crippen LogP contribution in [0.5, 0.6) is 0 Å². The SMILES string of the molecule is c1cn2cnnc2c(NCCOC2CCCCC2)n1. The van der Waals surface area contributed by atoms with Gasteiger partial charge in [-0.2, -0.15) is 0 Å². The lowest BCUT2D eigenvalue weighted by atomic mass is 9.98. The van der Waals surface area contributed by atoms with Gasteiger partial charge in [0.15, 0.2) is 5.82 Å². The summed E-state index contributed by atoms with van der Waals surface area (Å²) in [5.41, 5.74) is 0.750. The monoisotopic (exact) mass is 261 g/mol. The summed E-state index contributed by atoms with van der Waals surface area (Å²) in [7, 11) is 0. The topological polar surface area (TPSA) is 64.3 Å². The number of hydrogen-bond acceptors (Lipinski definition) is 5. The first kappa shape index (κ1) is 12.3. The highest BCUT2D eigenvalue weighted by molar-refractivity contribution is 5.61. The van der Waals surface area contributed by atoms with Gasteiger partial charge in [-0.05, 0) is 12.8 Å². The summed E-state index contributed by atoms with van der Waals surface area (Å²) in [6, 6.07) is 0. The Bertz CT molecular complexity index is 520. The van der Waals surface area contributed by atoms with Gasteiger partial charge in [-0.1, -0.05) is 19.3 Å². The minimum Gasteiger partial charge on any atom is -0.376 e. The first-order valence-electron chi connectivity index (χ1n) is 6.93. The molecule has 0 aromatic carbocycles. The van der Waals surface area contributed by atoms with E-state index in [1.54, 1.807) is 12.5 Å². The first-order chi connectivity index (χ1) is 9.43. The molecule has 0 atom stereocenters. The van der Waals surface area contributed by atoms with Crippen molar-refractivity contribution in [2.75, 3.05) is 18.5 Å².